The first-order valence-electron chi connectivity index (χ1n) is 7.96. The van der Waals surface area contributed by atoms with E-state index in [1.165, 1.54) is 11.8 Å². The summed E-state index contributed by atoms with van der Waals surface area (Å²) < 4.78 is 0. The standard InChI is InChI=1S/C19H19N3OS/c1-2-17-18(23)22(14-16-11-7-4-8-12-16)19(24-17)21-20-13-15-9-5-3-6-10-15/h3-13,17H,2,14H2,1H3. The maximum atomic E-state index is 12.6. The van der Waals surface area contributed by atoms with Crippen molar-refractivity contribution in [2.24, 2.45) is 10.2 Å². The molecule has 0 radical (unpaired) electrons. The number of rotatable bonds is 5. The van der Waals surface area contributed by atoms with E-state index < -0.39 is 0 Å². The zero-order chi connectivity index (χ0) is 16.8. The highest BCUT2D eigenvalue weighted by Gasteiger charge is 2.36. The van der Waals surface area contributed by atoms with E-state index in [0.29, 0.717) is 11.7 Å². The van der Waals surface area contributed by atoms with E-state index in [2.05, 4.69) is 10.2 Å². The minimum Gasteiger partial charge on any atom is -0.284 e. The van der Waals surface area contributed by atoms with Gasteiger partial charge in [0.05, 0.1) is 18.0 Å². The fraction of sp³-hybridized carbons (Fsp3) is 0.211. The third-order valence-corrected chi connectivity index (χ3v) is 5.06. The zero-order valence-corrected chi connectivity index (χ0v) is 14.3. The van der Waals surface area contributed by atoms with Crippen molar-refractivity contribution < 1.29 is 4.79 Å². The van der Waals surface area contributed by atoms with Crippen molar-refractivity contribution >= 4 is 29.1 Å². The smallest absolute Gasteiger partial charge is 0.242 e. The molecule has 3 rings (SSSR count). The van der Waals surface area contributed by atoms with Gasteiger partial charge in [-0.3, -0.25) is 9.69 Å². The van der Waals surface area contributed by atoms with Gasteiger partial charge in [-0.1, -0.05) is 79.3 Å². The molecule has 122 valence electrons. The van der Waals surface area contributed by atoms with Gasteiger partial charge in [0.2, 0.25) is 5.91 Å². The van der Waals surface area contributed by atoms with Crippen LogP contribution in [0.15, 0.2) is 70.9 Å². The van der Waals surface area contributed by atoms with Gasteiger partial charge in [0.15, 0.2) is 5.17 Å². The molecule has 2 aromatic carbocycles. The van der Waals surface area contributed by atoms with Crippen molar-refractivity contribution in [2.75, 3.05) is 0 Å². The maximum absolute atomic E-state index is 12.6. The van der Waals surface area contributed by atoms with Crippen LogP contribution in [0.1, 0.15) is 24.5 Å². The number of benzene rings is 2. The predicted octanol–water partition coefficient (Wildman–Crippen LogP) is 3.93. The van der Waals surface area contributed by atoms with Crippen LogP contribution in [-0.4, -0.2) is 27.4 Å². The third-order valence-electron chi connectivity index (χ3n) is 3.72. The lowest BCUT2D eigenvalue weighted by molar-refractivity contribution is -0.126. The Hall–Kier alpha value is -2.40. The quantitative estimate of drug-likeness (QED) is 0.613. The van der Waals surface area contributed by atoms with Crippen molar-refractivity contribution in [3.05, 3.63) is 71.8 Å². The summed E-state index contributed by atoms with van der Waals surface area (Å²) in [7, 11) is 0. The van der Waals surface area contributed by atoms with Crippen LogP contribution in [0, 0.1) is 0 Å². The van der Waals surface area contributed by atoms with Gasteiger partial charge in [-0.15, -0.1) is 5.10 Å². The first kappa shape index (κ1) is 16.5. The molecule has 1 fully saturated rings. The molecule has 4 nitrogen and oxygen atoms in total. The van der Waals surface area contributed by atoms with Gasteiger partial charge in [-0.2, -0.15) is 5.10 Å². The van der Waals surface area contributed by atoms with Gasteiger partial charge < -0.3 is 0 Å². The number of carbonyl (C=O) groups excluding carboxylic acids is 1. The minimum atomic E-state index is -0.0700. The Morgan fingerprint density at radius 3 is 2.42 bits per heavy atom. The van der Waals surface area contributed by atoms with Crippen molar-refractivity contribution in [2.45, 2.75) is 25.1 Å². The van der Waals surface area contributed by atoms with Crippen LogP contribution in [0.2, 0.25) is 0 Å². The van der Waals surface area contributed by atoms with Gasteiger partial charge >= 0.3 is 0 Å². The highest BCUT2D eigenvalue weighted by atomic mass is 32.2. The van der Waals surface area contributed by atoms with Crippen LogP contribution in [-0.2, 0) is 11.3 Å². The Labute approximate surface area is 146 Å². The van der Waals surface area contributed by atoms with E-state index in [9.17, 15) is 4.79 Å². The summed E-state index contributed by atoms with van der Waals surface area (Å²) in [6.45, 7) is 2.55. The molecule has 1 aliphatic rings. The van der Waals surface area contributed by atoms with Crippen LogP contribution >= 0.6 is 11.8 Å². The van der Waals surface area contributed by atoms with E-state index in [4.69, 9.17) is 0 Å². The summed E-state index contributed by atoms with van der Waals surface area (Å²) in [5.74, 6) is 0.111. The van der Waals surface area contributed by atoms with E-state index in [0.717, 1.165) is 17.5 Å². The maximum Gasteiger partial charge on any atom is 0.242 e. The molecule has 0 N–H and O–H groups in total. The Morgan fingerprint density at radius 2 is 1.75 bits per heavy atom. The number of nitrogens with zero attached hydrogens (tertiary/aromatic N) is 3. The second-order valence-corrected chi connectivity index (χ2v) is 6.63. The third kappa shape index (κ3) is 3.92. The second-order valence-electron chi connectivity index (χ2n) is 5.46. The van der Waals surface area contributed by atoms with Crippen LogP contribution in [0.4, 0.5) is 0 Å². The number of hydrogen-bond acceptors (Lipinski definition) is 4. The first-order valence-corrected chi connectivity index (χ1v) is 8.84. The Kier molecular flexibility index (Phi) is 5.43. The van der Waals surface area contributed by atoms with Gasteiger partial charge in [-0.05, 0) is 17.5 Å². The Balaban J connectivity index is 1.79. The summed E-state index contributed by atoms with van der Waals surface area (Å²) >= 11 is 1.49. The SMILES string of the molecule is CCC1SC(=NN=Cc2ccccc2)N(Cc2ccccc2)C1=O. The van der Waals surface area contributed by atoms with Crippen LogP contribution < -0.4 is 0 Å². The number of thioether (sulfide) groups is 1. The lowest BCUT2D eigenvalue weighted by Gasteiger charge is -2.15. The molecule has 24 heavy (non-hydrogen) atoms. The van der Waals surface area contributed by atoms with Crippen LogP contribution in [0.5, 0.6) is 0 Å². The fourth-order valence-electron chi connectivity index (χ4n) is 2.44. The second kappa shape index (κ2) is 7.93. The topological polar surface area (TPSA) is 45.0 Å². The predicted molar refractivity (Wildman–Crippen MR) is 100 cm³/mol. The summed E-state index contributed by atoms with van der Waals surface area (Å²) in [5.41, 5.74) is 2.07. The van der Waals surface area contributed by atoms with Gasteiger partial charge in [0.25, 0.3) is 0 Å². The minimum absolute atomic E-state index is 0.0700. The molecule has 0 saturated carbocycles. The normalized spacial score (nSPS) is 19.5. The monoisotopic (exact) mass is 337 g/mol. The number of amides is 1. The molecule has 5 heteroatoms. The Morgan fingerprint density at radius 1 is 1.08 bits per heavy atom. The van der Waals surface area contributed by atoms with Crippen molar-refractivity contribution in [1.29, 1.82) is 0 Å². The van der Waals surface area contributed by atoms with Crippen LogP contribution in [0.25, 0.3) is 0 Å². The molecule has 0 aliphatic carbocycles. The number of hydrogen-bond donors (Lipinski definition) is 0. The van der Waals surface area contributed by atoms with E-state index in [-0.39, 0.29) is 11.2 Å². The molecule has 1 atom stereocenters. The van der Waals surface area contributed by atoms with E-state index in [1.54, 1.807) is 11.1 Å². The van der Waals surface area contributed by atoms with Gasteiger partial charge in [0.1, 0.15) is 0 Å². The van der Waals surface area contributed by atoms with Crippen molar-refractivity contribution in [3.8, 4) is 0 Å². The van der Waals surface area contributed by atoms with E-state index >= 15 is 0 Å². The van der Waals surface area contributed by atoms with Gasteiger partial charge in [0, 0.05) is 0 Å². The molecule has 1 heterocycles. The fourth-order valence-corrected chi connectivity index (χ4v) is 3.47. The summed E-state index contributed by atoms with van der Waals surface area (Å²) in [4.78, 5) is 14.3. The molecule has 1 saturated heterocycles. The molecule has 2 aromatic rings. The lowest BCUT2D eigenvalue weighted by atomic mass is 10.2. The molecule has 1 amide bonds. The molecule has 1 unspecified atom stereocenters. The highest BCUT2D eigenvalue weighted by Crippen LogP contribution is 2.30. The lowest BCUT2D eigenvalue weighted by Crippen LogP contribution is -2.31. The molecular formula is C19H19N3OS. The van der Waals surface area contributed by atoms with Crippen molar-refractivity contribution in [1.82, 2.24) is 4.90 Å². The largest absolute Gasteiger partial charge is 0.284 e. The molecule has 0 spiro atoms. The van der Waals surface area contributed by atoms with E-state index in [1.807, 2.05) is 67.6 Å². The molecule has 0 aromatic heterocycles. The van der Waals surface area contributed by atoms with Crippen LogP contribution in [0.3, 0.4) is 0 Å². The summed E-state index contributed by atoms with van der Waals surface area (Å²) in [5, 5.41) is 9.07. The van der Waals surface area contributed by atoms with Crippen molar-refractivity contribution in [3.63, 3.8) is 0 Å². The average molecular weight is 337 g/mol. The number of carbonyl (C=O) groups is 1. The molecular weight excluding hydrogens is 318 g/mol. The summed E-state index contributed by atoms with van der Waals surface area (Å²) in [6.07, 6.45) is 2.49. The number of amidine groups is 1. The summed E-state index contributed by atoms with van der Waals surface area (Å²) in [6, 6.07) is 19.8. The first-order chi connectivity index (χ1) is 11.8. The average Bonchev–Trinajstić information content (AvgIpc) is 2.92. The van der Waals surface area contributed by atoms with Gasteiger partial charge in [-0.25, -0.2) is 0 Å². The highest BCUT2D eigenvalue weighted by molar-refractivity contribution is 8.15. The zero-order valence-electron chi connectivity index (χ0n) is 13.5. The Bertz CT molecular complexity index is 744. The molecule has 1 aliphatic heterocycles. The molecule has 0 bridgehead atoms.